The van der Waals surface area contributed by atoms with E-state index in [1.165, 1.54) is 0 Å². The van der Waals surface area contributed by atoms with E-state index in [4.69, 9.17) is 28.9 Å². The maximum Gasteiger partial charge on any atom is 0.242 e. The number of carbonyl (C=O) groups is 2. The second-order valence-electron chi connectivity index (χ2n) is 10.5. The molecule has 0 radical (unpaired) electrons. The fourth-order valence-corrected chi connectivity index (χ4v) is 5.94. The third-order valence-electron chi connectivity index (χ3n) is 7.23. The summed E-state index contributed by atoms with van der Waals surface area (Å²) in [5.41, 5.74) is 9.29. The van der Waals surface area contributed by atoms with Crippen LogP contribution in [0.15, 0.2) is 66.7 Å². The Bertz CT molecular complexity index is 1530. The number of likely N-dealkylation sites (tertiary alicyclic amines) is 1. The molecule has 0 aliphatic carbocycles. The molecule has 224 valence electrons. The van der Waals surface area contributed by atoms with E-state index in [1.54, 1.807) is 53.2 Å². The number of halogens is 2. The van der Waals surface area contributed by atoms with Crippen LogP contribution in [0, 0.1) is 0 Å². The van der Waals surface area contributed by atoms with Crippen molar-refractivity contribution in [2.45, 2.75) is 18.9 Å². The lowest BCUT2D eigenvalue weighted by Crippen LogP contribution is -2.45. The van der Waals surface area contributed by atoms with Crippen LogP contribution in [0.1, 0.15) is 24.4 Å². The van der Waals surface area contributed by atoms with Crippen LogP contribution in [0.2, 0.25) is 10.0 Å². The first-order valence-corrected chi connectivity index (χ1v) is 16.2. The maximum absolute atomic E-state index is 13.7. The van der Waals surface area contributed by atoms with Crippen molar-refractivity contribution in [3.63, 3.8) is 0 Å². The predicted molar refractivity (Wildman–Crippen MR) is 169 cm³/mol. The SMILES string of the molecule is CN(C(=O)CN(CC(N)=O)c1ccc(Cl)c(Cl)c1)[C@@H](CN1CCCC1)c1ccc(-c2cccc(NS(C)(=O)=O)c2)cc1. The standard InChI is InChI=1S/C30H35Cl2N5O4S/c1-35(30(39)20-37(19-29(33)38)25-12-13-26(31)27(32)17-25)28(18-36-14-3-4-15-36)22-10-8-21(9-11-22)23-6-5-7-24(16-23)34-42(2,40)41/h5-13,16-17,28,34H,3-4,14-15,18-20H2,1-2H3,(H2,33,38)/t28-/m0/s1. The van der Waals surface area contributed by atoms with Crippen molar-refractivity contribution >= 4 is 56.4 Å². The van der Waals surface area contributed by atoms with E-state index in [0.717, 1.165) is 48.9 Å². The molecule has 2 amide bonds. The van der Waals surface area contributed by atoms with Gasteiger partial charge in [-0.25, -0.2) is 8.42 Å². The van der Waals surface area contributed by atoms with Gasteiger partial charge in [-0.05, 0) is 73.0 Å². The molecule has 12 heteroatoms. The van der Waals surface area contributed by atoms with Crippen molar-refractivity contribution in [3.8, 4) is 11.1 Å². The highest BCUT2D eigenvalue weighted by Gasteiger charge is 2.27. The van der Waals surface area contributed by atoms with Gasteiger partial charge in [0.15, 0.2) is 0 Å². The van der Waals surface area contributed by atoms with E-state index < -0.39 is 15.9 Å². The molecule has 1 fully saturated rings. The lowest BCUT2D eigenvalue weighted by atomic mass is 9.99. The minimum atomic E-state index is -3.39. The number of carbonyl (C=O) groups excluding carboxylic acids is 2. The monoisotopic (exact) mass is 631 g/mol. The Hall–Kier alpha value is -3.31. The molecule has 3 N–H and O–H groups in total. The van der Waals surface area contributed by atoms with Crippen LogP contribution in [0.4, 0.5) is 11.4 Å². The zero-order valence-electron chi connectivity index (χ0n) is 23.6. The average molecular weight is 633 g/mol. The second kappa shape index (κ2) is 13.8. The molecule has 1 saturated heterocycles. The lowest BCUT2D eigenvalue weighted by Gasteiger charge is -2.34. The van der Waals surface area contributed by atoms with E-state index in [9.17, 15) is 18.0 Å². The Labute approximate surface area is 257 Å². The van der Waals surface area contributed by atoms with Crippen LogP contribution < -0.4 is 15.4 Å². The first kappa shape index (κ1) is 31.6. The van der Waals surface area contributed by atoms with Crippen molar-refractivity contribution in [1.29, 1.82) is 0 Å². The first-order valence-electron chi connectivity index (χ1n) is 13.5. The van der Waals surface area contributed by atoms with Gasteiger partial charge >= 0.3 is 0 Å². The zero-order chi connectivity index (χ0) is 30.4. The fourth-order valence-electron chi connectivity index (χ4n) is 5.09. The Morgan fingerprint density at radius 3 is 2.26 bits per heavy atom. The number of nitrogens with one attached hydrogen (secondary N) is 1. The highest BCUT2D eigenvalue weighted by Crippen LogP contribution is 2.30. The van der Waals surface area contributed by atoms with Crippen LogP contribution in [0.25, 0.3) is 11.1 Å². The minimum Gasteiger partial charge on any atom is -0.368 e. The van der Waals surface area contributed by atoms with Gasteiger partial charge in [-0.2, -0.15) is 0 Å². The van der Waals surface area contributed by atoms with Gasteiger partial charge in [0.25, 0.3) is 0 Å². The van der Waals surface area contributed by atoms with E-state index in [-0.39, 0.29) is 25.0 Å². The number of hydrogen-bond donors (Lipinski definition) is 2. The lowest BCUT2D eigenvalue weighted by molar-refractivity contribution is -0.131. The summed E-state index contributed by atoms with van der Waals surface area (Å²) in [6.07, 6.45) is 3.35. The van der Waals surface area contributed by atoms with Gasteiger partial charge in [0.1, 0.15) is 0 Å². The summed E-state index contributed by atoms with van der Waals surface area (Å²) in [5.74, 6) is -0.758. The number of sulfonamides is 1. The van der Waals surface area contributed by atoms with Crippen molar-refractivity contribution in [2.24, 2.45) is 5.73 Å². The Morgan fingerprint density at radius 1 is 0.952 bits per heavy atom. The van der Waals surface area contributed by atoms with Gasteiger partial charge in [-0.15, -0.1) is 0 Å². The molecule has 3 aromatic carbocycles. The number of rotatable bonds is 12. The summed E-state index contributed by atoms with van der Waals surface area (Å²) < 4.78 is 25.9. The Morgan fingerprint density at radius 2 is 1.64 bits per heavy atom. The first-order chi connectivity index (χ1) is 19.9. The van der Waals surface area contributed by atoms with Crippen LogP contribution in [-0.4, -0.2) is 76.1 Å². The molecule has 0 spiro atoms. The average Bonchev–Trinajstić information content (AvgIpc) is 3.45. The number of likely N-dealkylation sites (N-methyl/N-ethyl adjacent to an activating group) is 1. The van der Waals surface area contributed by atoms with Crippen molar-refractivity contribution in [1.82, 2.24) is 9.80 Å². The van der Waals surface area contributed by atoms with E-state index >= 15 is 0 Å². The third kappa shape index (κ3) is 8.61. The number of nitrogens with two attached hydrogens (primary N) is 1. The van der Waals surface area contributed by atoms with Gasteiger partial charge < -0.3 is 20.4 Å². The van der Waals surface area contributed by atoms with E-state index in [1.807, 2.05) is 30.3 Å². The topological polar surface area (TPSA) is 116 Å². The summed E-state index contributed by atoms with van der Waals surface area (Å²) in [6.45, 7) is 2.36. The number of primary amides is 1. The highest BCUT2D eigenvalue weighted by atomic mass is 35.5. The summed E-state index contributed by atoms with van der Waals surface area (Å²) in [7, 11) is -1.62. The number of anilines is 2. The third-order valence-corrected chi connectivity index (χ3v) is 8.57. The summed E-state index contributed by atoms with van der Waals surface area (Å²) in [4.78, 5) is 31.2. The Balaban J connectivity index is 1.58. The Kier molecular flexibility index (Phi) is 10.4. The minimum absolute atomic E-state index is 0.0773. The van der Waals surface area contributed by atoms with Crippen LogP contribution in [-0.2, 0) is 19.6 Å². The van der Waals surface area contributed by atoms with Gasteiger partial charge in [0, 0.05) is 25.0 Å². The quantitative estimate of drug-likeness (QED) is 0.301. The van der Waals surface area contributed by atoms with Crippen molar-refractivity contribution in [2.75, 3.05) is 55.6 Å². The smallest absolute Gasteiger partial charge is 0.242 e. The number of hydrogen-bond acceptors (Lipinski definition) is 6. The molecule has 1 aliphatic rings. The van der Waals surface area contributed by atoms with Gasteiger partial charge in [0.2, 0.25) is 21.8 Å². The summed E-state index contributed by atoms with van der Waals surface area (Å²) in [5, 5.41) is 0.685. The normalized spacial score (nSPS) is 14.4. The van der Waals surface area contributed by atoms with Crippen molar-refractivity contribution in [3.05, 3.63) is 82.3 Å². The molecule has 1 heterocycles. The van der Waals surface area contributed by atoms with Crippen molar-refractivity contribution < 1.29 is 18.0 Å². The van der Waals surface area contributed by atoms with Gasteiger partial charge in [0.05, 0.1) is 35.4 Å². The van der Waals surface area contributed by atoms with Gasteiger partial charge in [-0.1, -0.05) is 59.6 Å². The number of benzene rings is 3. The largest absolute Gasteiger partial charge is 0.368 e. The number of nitrogens with zero attached hydrogens (tertiary/aromatic N) is 3. The molecule has 4 rings (SSSR count). The van der Waals surface area contributed by atoms with E-state index in [0.29, 0.717) is 28.0 Å². The second-order valence-corrected chi connectivity index (χ2v) is 13.1. The molecular formula is C30H35Cl2N5O4S. The summed E-state index contributed by atoms with van der Waals surface area (Å²) >= 11 is 12.3. The molecule has 1 atom stereocenters. The molecule has 0 bridgehead atoms. The predicted octanol–water partition coefficient (Wildman–Crippen LogP) is 4.62. The van der Waals surface area contributed by atoms with Crippen LogP contribution in [0.5, 0.6) is 0 Å². The molecule has 9 nitrogen and oxygen atoms in total. The number of amides is 2. The van der Waals surface area contributed by atoms with E-state index in [2.05, 4.69) is 9.62 Å². The zero-order valence-corrected chi connectivity index (χ0v) is 25.9. The molecule has 0 unspecified atom stereocenters. The molecular weight excluding hydrogens is 597 g/mol. The molecule has 42 heavy (non-hydrogen) atoms. The highest BCUT2D eigenvalue weighted by molar-refractivity contribution is 7.92. The molecule has 3 aromatic rings. The van der Waals surface area contributed by atoms with Crippen LogP contribution in [0.3, 0.4) is 0 Å². The fraction of sp³-hybridized carbons (Fsp3) is 0.333. The molecule has 0 aromatic heterocycles. The van der Waals surface area contributed by atoms with Crippen LogP contribution >= 0.6 is 23.2 Å². The van der Waals surface area contributed by atoms with Gasteiger partial charge in [-0.3, -0.25) is 14.3 Å². The maximum atomic E-state index is 13.7. The summed E-state index contributed by atoms with van der Waals surface area (Å²) in [6, 6.07) is 19.8. The molecule has 1 aliphatic heterocycles. The molecule has 0 saturated carbocycles.